The summed E-state index contributed by atoms with van der Waals surface area (Å²) in [5, 5.41) is 24.6. The molecule has 0 bridgehead atoms. The molecule has 2 heterocycles. The number of carbonyl (C=O) groups is 1. The Morgan fingerprint density at radius 2 is 1.76 bits per heavy atom. The van der Waals surface area contributed by atoms with Gasteiger partial charge in [-0.1, -0.05) is 72.6 Å². The summed E-state index contributed by atoms with van der Waals surface area (Å²) in [6.07, 6.45) is 8.17. The number of fused-ring (bicyclic) bond motifs is 2. The summed E-state index contributed by atoms with van der Waals surface area (Å²) >= 11 is 0. The van der Waals surface area contributed by atoms with E-state index in [1.165, 1.54) is 12.1 Å². The molecule has 1 amide bonds. The molecule has 1 saturated heterocycles. The molecule has 63 heavy (non-hydrogen) atoms. The Balaban J connectivity index is 1.34. The molecule has 13 heteroatoms. The number of benzene rings is 3. The van der Waals surface area contributed by atoms with Crippen molar-refractivity contribution < 1.29 is 47.9 Å². The largest absolute Gasteiger partial charge is 0.492 e. The Bertz CT molecular complexity index is 1990. The molecule has 0 aromatic heterocycles. The fourth-order valence-corrected chi connectivity index (χ4v) is 9.59. The zero-order valence-corrected chi connectivity index (χ0v) is 36.6. The molecule has 1 saturated carbocycles. The number of ether oxygens (including phenoxy) is 5. The van der Waals surface area contributed by atoms with Crippen LogP contribution >= 0.6 is 0 Å². The van der Waals surface area contributed by atoms with Gasteiger partial charge < -0.3 is 38.7 Å². The SMILES string of the molecule is C=CCOC12Oc3ccc(OCCN4CC4)cc3C3C(CCCCO)C(CCCCO)C=C(C(=NOCC)CC1N(Cc1ccc(F)cc1)C(=O)OCCOCc1ccccc1)C32. The summed E-state index contributed by atoms with van der Waals surface area (Å²) in [4.78, 5) is 24.6. The lowest BCUT2D eigenvalue weighted by atomic mass is 9.55. The van der Waals surface area contributed by atoms with Crippen molar-refractivity contribution >= 4 is 11.8 Å². The Kier molecular flexibility index (Phi) is 16.7. The fraction of sp³-hybridized carbons (Fsp3) is 0.520. The van der Waals surface area contributed by atoms with Crippen LogP contribution in [0.1, 0.15) is 74.5 Å². The standard InChI is InChI=1S/C50H64FN3O9/c1-3-27-61-50-46(54(34-36-16-18-39(51)19-17-36)49(57)60-30-29-58-35-37-12-6-5-7-13-37)33-44(52-62-4-2)42-31-38(14-8-10-25-55)41(15-9-11-26-56)47(48(42)50)43-32-40(20-21-45(43)63-50)59-28-24-53-22-23-53/h3,5-7,12-13,16-21,31-32,38,41,46-48,55-56H,1,4,8-11,14-15,22-30,33-35H2,2H3. The second kappa shape index (κ2) is 22.7. The van der Waals surface area contributed by atoms with Crippen molar-refractivity contribution in [2.24, 2.45) is 22.9 Å². The van der Waals surface area contributed by atoms with Gasteiger partial charge in [0.1, 0.15) is 43.2 Å². The third kappa shape index (κ3) is 11.5. The third-order valence-electron chi connectivity index (χ3n) is 12.6. The molecule has 7 rings (SSSR count). The van der Waals surface area contributed by atoms with Crippen LogP contribution in [-0.4, -0.2) is 110 Å². The first kappa shape index (κ1) is 46.2. The molecular formula is C50H64FN3O9. The highest BCUT2D eigenvalue weighted by Gasteiger charge is 2.65. The maximum atomic E-state index is 14.8. The van der Waals surface area contributed by atoms with E-state index >= 15 is 0 Å². The third-order valence-corrected chi connectivity index (χ3v) is 12.6. The van der Waals surface area contributed by atoms with Gasteiger partial charge in [-0.05, 0) is 91.5 Å². The molecule has 3 aromatic carbocycles. The van der Waals surface area contributed by atoms with E-state index in [1.807, 2.05) is 49.4 Å². The van der Waals surface area contributed by atoms with E-state index < -0.39 is 23.8 Å². The van der Waals surface area contributed by atoms with Gasteiger partial charge in [0, 0.05) is 57.3 Å². The van der Waals surface area contributed by atoms with Crippen molar-refractivity contribution in [1.29, 1.82) is 0 Å². The molecule has 340 valence electrons. The lowest BCUT2D eigenvalue weighted by Crippen LogP contribution is -2.70. The normalized spacial score (nSPS) is 24.1. The molecular weight excluding hydrogens is 806 g/mol. The number of aliphatic hydroxyl groups excluding tert-OH is 2. The maximum Gasteiger partial charge on any atom is 0.410 e. The fourth-order valence-electron chi connectivity index (χ4n) is 9.59. The summed E-state index contributed by atoms with van der Waals surface area (Å²) in [5.41, 5.74) is 4.28. The van der Waals surface area contributed by atoms with E-state index in [9.17, 15) is 19.4 Å². The Morgan fingerprint density at radius 3 is 2.49 bits per heavy atom. The van der Waals surface area contributed by atoms with Crippen LogP contribution in [0, 0.1) is 23.6 Å². The first-order chi connectivity index (χ1) is 30.9. The van der Waals surface area contributed by atoms with Crippen LogP contribution in [0.4, 0.5) is 9.18 Å². The first-order valence-electron chi connectivity index (χ1n) is 22.7. The molecule has 6 atom stereocenters. The van der Waals surface area contributed by atoms with Crippen molar-refractivity contribution in [3.05, 3.63) is 120 Å². The van der Waals surface area contributed by atoms with Crippen molar-refractivity contribution in [3.63, 3.8) is 0 Å². The minimum atomic E-state index is -1.49. The quantitative estimate of drug-likeness (QED) is 0.0374. The van der Waals surface area contributed by atoms with Crippen LogP contribution in [0.2, 0.25) is 0 Å². The summed E-state index contributed by atoms with van der Waals surface area (Å²) in [6, 6.07) is 21.0. The number of rotatable bonds is 25. The second-order valence-corrected chi connectivity index (χ2v) is 16.8. The van der Waals surface area contributed by atoms with Crippen LogP contribution in [0.5, 0.6) is 11.5 Å². The number of carbonyl (C=O) groups excluding carboxylic acids is 1. The average molecular weight is 870 g/mol. The molecule has 2 aliphatic carbocycles. The molecule has 12 nitrogen and oxygen atoms in total. The van der Waals surface area contributed by atoms with Crippen LogP contribution in [0.3, 0.4) is 0 Å². The van der Waals surface area contributed by atoms with Crippen molar-refractivity contribution in [2.75, 3.05) is 65.9 Å². The Hall–Kier alpha value is -4.79. The van der Waals surface area contributed by atoms with Gasteiger partial charge in [-0.3, -0.25) is 9.80 Å². The van der Waals surface area contributed by atoms with E-state index in [0.717, 1.165) is 67.8 Å². The van der Waals surface area contributed by atoms with Crippen LogP contribution in [0.25, 0.3) is 0 Å². The van der Waals surface area contributed by atoms with Gasteiger partial charge in [0.15, 0.2) is 0 Å². The first-order valence-corrected chi connectivity index (χ1v) is 22.7. The van der Waals surface area contributed by atoms with Crippen LogP contribution in [0.15, 0.2) is 102 Å². The summed E-state index contributed by atoms with van der Waals surface area (Å²) < 4.78 is 47.1. The topological polar surface area (TPSA) is 132 Å². The Morgan fingerprint density at radius 1 is 0.984 bits per heavy atom. The number of hydrogen-bond acceptors (Lipinski definition) is 11. The highest BCUT2D eigenvalue weighted by Crippen LogP contribution is 2.62. The predicted octanol–water partition coefficient (Wildman–Crippen LogP) is 8.03. The monoisotopic (exact) mass is 869 g/mol. The zero-order valence-electron chi connectivity index (χ0n) is 36.6. The van der Waals surface area contributed by atoms with Crippen LogP contribution < -0.4 is 9.47 Å². The highest BCUT2D eigenvalue weighted by molar-refractivity contribution is 6.03. The molecule has 6 unspecified atom stereocenters. The van der Waals surface area contributed by atoms with Gasteiger partial charge >= 0.3 is 6.09 Å². The summed E-state index contributed by atoms with van der Waals surface area (Å²) in [5.74, 6) is -1.08. The van der Waals surface area contributed by atoms with Crippen LogP contribution in [-0.2, 0) is 32.2 Å². The van der Waals surface area contributed by atoms with E-state index in [2.05, 4.69) is 23.6 Å². The summed E-state index contributed by atoms with van der Waals surface area (Å²) in [6.45, 7) is 10.7. The smallest absolute Gasteiger partial charge is 0.410 e. The number of aliphatic hydroxyl groups is 2. The van der Waals surface area contributed by atoms with Crippen molar-refractivity contribution in [3.8, 4) is 11.5 Å². The minimum Gasteiger partial charge on any atom is -0.492 e. The van der Waals surface area contributed by atoms with E-state index in [4.69, 9.17) is 33.7 Å². The van der Waals surface area contributed by atoms with Gasteiger partial charge in [0.2, 0.25) is 5.79 Å². The number of oxime groups is 1. The van der Waals surface area contributed by atoms with Crippen molar-refractivity contribution in [1.82, 2.24) is 9.80 Å². The van der Waals surface area contributed by atoms with Gasteiger partial charge in [-0.2, -0.15) is 0 Å². The number of allylic oxidation sites excluding steroid dienone is 1. The highest BCUT2D eigenvalue weighted by atomic mass is 19.1. The van der Waals surface area contributed by atoms with Crippen molar-refractivity contribution in [2.45, 2.75) is 82.8 Å². The molecule has 2 N–H and O–H groups in total. The van der Waals surface area contributed by atoms with Gasteiger partial charge in [-0.15, -0.1) is 6.58 Å². The average Bonchev–Trinajstić information content (AvgIpc) is 4.13. The van der Waals surface area contributed by atoms with Gasteiger partial charge in [0.25, 0.3) is 0 Å². The zero-order chi connectivity index (χ0) is 44.0. The molecule has 2 aliphatic heterocycles. The van der Waals surface area contributed by atoms with E-state index in [0.29, 0.717) is 49.7 Å². The molecule has 0 radical (unpaired) electrons. The number of hydrogen-bond donors (Lipinski definition) is 2. The molecule has 2 fully saturated rings. The second-order valence-electron chi connectivity index (χ2n) is 16.8. The predicted molar refractivity (Wildman–Crippen MR) is 238 cm³/mol. The number of halogens is 1. The van der Waals surface area contributed by atoms with Gasteiger partial charge in [0.05, 0.1) is 31.5 Å². The molecule has 0 spiro atoms. The minimum absolute atomic E-state index is 0.0113. The lowest BCUT2D eigenvalue weighted by molar-refractivity contribution is -0.256. The maximum absolute atomic E-state index is 14.8. The Labute approximate surface area is 371 Å². The number of amides is 1. The molecule has 4 aliphatic rings. The lowest BCUT2D eigenvalue weighted by Gasteiger charge is -2.59. The summed E-state index contributed by atoms with van der Waals surface area (Å²) in [7, 11) is 0. The number of unbranched alkanes of at least 4 members (excludes halogenated alkanes) is 2. The van der Waals surface area contributed by atoms with E-state index in [1.54, 1.807) is 23.1 Å². The van der Waals surface area contributed by atoms with Gasteiger partial charge in [-0.25, -0.2) is 9.18 Å². The molecule has 3 aromatic rings. The number of nitrogens with zero attached hydrogens (tertiary/aromatic N) is 3. The van der Waals surface area contributed by atoms with E-state index in [-0.39, 0.29) is 69.6 Å².